The summed E-state index contributed by atoms with van der Waals surface area (Å²) in [5.41, 5.74) is 4.08. The fraction of sp³-hybridized carbons (Fsp3) is 0.279. The molecular weight excluding hydrogens is 590 g/mol. The van der Waals surface area contributed by atoms with Crippen molar-refractivity contribution in [3.8, 4) is 0 Å². The van der Waals surface area contributed by atoms with E-state index in [1.165, 1.54) is 0 Å². The molecule has 5 aromatic rings. The Morgan fingerprint density at radius 2 is 0.771 bits per heavy atom. The highest BCUT2D eigenvalue weighted by Crippen LogP contribution is 2.47. The highest BCUT2D eigenvalue weighted by atomic mass is 16.5. The van der Waals surface area contributed by atoms with Gasteiger partial charge in [0.25, 0.3) is 0 Å². The Bertz CT molecular complexity index is 1670. The predicted molar refractivity (Wildman–Crippen MR) is 193 cm³/mol. The summed E-state index contributed by atoms with van der Waals surface area (Å²) in [5.74, 6) is 1.89. The minimum Gasteiger partial charge on any atom is -0.458 e. The molecule has 0 fully saturated rings. The lowest BCUT2D eigenvalue weighted by molar-refractivity contribution is 0.0892. The van der Waals surface area contributed by atoms with Crippen molar-refractivity contribution in [2.75, 3.05) is 0 Å². The topological polar surface area (TPSA) is 56.1 Å². The summed E-state index contributed by atoms with van der Waals surface area (Å²) in [6.45, 7) is 8.95. The number of ether oxygens (including phenoxy) is 2. The molecule has 2 aliphatic rings. The minimum atomic E-state index is -0.778. The zero-order valence-electron chi connectivity index (χ0n) is 28.2. The molecule has 0 amide bonds. The molecule has 0 saturated carbocycles. The van der Waals surface area contributed by atoms with Crippen molar-refractivity contribution in [3.05, 3.63) is 173 Å². The second kappa shape index (κ2) is 13.2. The Morgan fingerprint density at radius 1 is 0.458 bits per heavy atom. The van der Waals surface area contributed by atoms with E-state index < -0.39 is 11.2 Å². The number of hydrogen-bond acceptors (Lipinski definition) is 5. The molecule has 4 aromatic carbocycles. The van der Waals surface area contributed by atoms with Crippen LogP contribution in [0.25, 0.3) is 0 Å². The van der Waals surface area contributed by atoms with Crippen LogP contribution in [0.5, 0.6) is 0 Å². The van der Waals surface area contributed by atoms with Gasteiger partial charge in [-0.15, -0.1) is 0 Å². The minimum absolute atomic E-state index is 0.137. The van der Waals surface area contributed by atoms with Crippen molar-refractivity contribution in [3.63, 3.8) is 0 Å². The summed E-state index contributed by atoms with van der Waals surface area (Å²) in [6.07, 6.45) is 1.71. The molecule has 7 rings (SSSR count). The van der Waals surface area contributed by atoms with E-state index in [0.717, 1.165) is 35.1 Å². The number of hydrogen-bond donors (Lipinski definition) is 0. The second-order valence-corrected chi connectivity index (χ2v) is 13.7. The largest absolute Gasteiger partial charge is 0.458 e. The SMILES string of the molecule is CC(C)C[C@@H]1N=C(c2cccc(C3=N[C@@H](CC(C)C)C(c4ccccc4)(c4ccccc4)O3)n2)OC1(c1ccccc1)c1ccccc1. The summed E-state index contributed by atoms with van der Waals surface area (Å²) in [4.78, 5) is 15.8. The molecule has 0 spiro atoms. The third-order valence-corrected chi connectivity index (χ3v) is 9.39. The molecule has 0 radical (unpaired) electrons. The molecule has 0 N–H and O–H groups in total. The van der Waals surface area contributed by atoms with Crippen LogP contribution in [0.3, 0.4) is 0 Å². The number of aliphatic imine (C=N–C) groups is 2. The second-order valence-electron chi connectivity index (χ2n) is 13.7. The Kier molecular flexibility index (Phi) is 8.70. The summed E-state index contributed by atoms with van der Waals surface area (Å²) >= 11 is 0. The number of pyridine rings is 1. The average molecular weight is 634 g/mol. The van der Waals surface area contributed by atoms with Crippen LogP contribution < -0.4 is 0 Å². The van der Waals surface area contributed by atoms with Crippen LogP contribution in [-0.4, -0.2) is 28.9 Å². The Labute approximate surface area is 284 Å². The maximum Gasteiger partial charge on any atom is 0.237 e. The van der Waals surface area contributed by atoms with E-state index in [1.54, 1.807) is 0 Å². The van der Waals surface area contributed by atoms with Crippen molar-refractivity contribution in [1.29, 1.82) is 0 Å². The van der Waals surface area contributed by atoms with Crippen molar-refractivity contribution in [2.45, 2.75) is 63.8 Å². The number of nitrogens with zero attached hydrogens (tertiary/aromatic N) is 3. The summed E-state index contributed by atoms with van der Waals surface area (Å²) in [5, 5.41) is 0. The molecule has 2 atom stereocenters. The standard InChI is InChI=1S/C43H43N3O2/c1-30(2)28-38-42(32-18-9-5-10-19-32,33-20-11-6-12-21-33)47-40(45-38)36-26-17-27-37(44-36)41-46-39(29-31(3)4)43(48-41,34-22-13-7-14-23-34)35-24-15-8-16-25-35/h5-27,30-31,38-39H,28-29H2,1-4H3/t38-,39-/m0/s1. The van der Waals surface area contributed by atoms with Gasteiger partial charge in [0.15, 0.2) is 11.2 Å². The van der Waals surface area contributed by atoms with Gasteiger partial charge in [-0.05, 0) is 36.8 Å². The molecule has 0 aliphatic carbocycles. The summed E-state index contributed by atoms with van der Waals surface area (Å²) in [6, 6.07) is 47.6. The maximum atomic E-state index is 7.10. The van der Waals surface area contributed by atoms with Gasteiger partial charge in [0, 0.05) is 22.3 Å². The van der Waals surface area contributed by atoms with Crippen LogP contribution in [0, 0.1) is 11.8 Å². The van der Waals surface area contributed by atoms with Gasteiger partial charge in [-0.3, -0.25) is 0 Å². The average Bonchev–Trinajstić information content (AvgIpc) is 3.69. The van der Waals surface area contributed by atoms with E-state index in [4.69, 9.17) is 24.4 Å². The van der Waals surface area contributed by atoms with Crippen molar-refractivity contribution in [2.24, 2.45) is 21.8 Å². The van der Waals surface area contributed by atoms with E-state index in [2.05, 4.69) is 125 Å². The first-order chi connectivity index (χ1) is 23.4. The molecule has 5 nitrogen and oxygen atoms in total. The first kappa shape index (κ1) is 31.6. The smallest absolute Gasteiger partial charge is 0.237 e. The van der Waals surface area contributed by atoms with Gasteiger partial charge in [-0.1, -0.05) is 155 Å². The third kappa shape index (κ3) is 5.72. The molecule has 0 bridgehead atoms. The molecule has 1 aromatic heterocycles. The van der Waals surface area contributed by atoms with Crippen molar-refractivity contribution < 1.29 is 9.47 Å². The van der Waals surface area contributed by atoms with E-state index >= 15 is 0 Å². The molecule has 2 aliphatic heterocycles. The van der Waals surface area contributed by atoms with Crippen molar-refractivity contribution in [1.82, 2.24) is 4.98 Å². The fourth-order valence-electron chi connectivity index (χ4n) is 7.28. The highest BCUT2D eigenvalue weighted by Gasteiger charge is 2.52. The van der Waals surface area contributed by atoms with Gasteiger partial charge in [0.1, 0.15) is 23.5 Å². The van der Waals surface area contributed by atoms with Gasteiger partial charge in [0.05, 0.1) is 0 Å². The number of rotatable bonds is 10. The van der Waals surface area contributed by atoms with E-state index in [0.29, 0.717) is 35.0 Å². The molecule has 0 unspecified atom stereocenters. The first-order valence-electron chi connectivity index (χ1n) is 17.1. The number of benzene rings is 4. The van der Waals surface area contributed by atoms with Crippen LogP contribution in [0.15, 0.2) is 150 Å². The predicted octanol–water partition coefficient (Wildman–Crippen LogP) is 9.35. The van der Waals surface area contributed by atoms with Crippen LogP contribution in [0.2, 0.25) is 0 Å². The summed E-state index contributed by atoms with van der Waals surface area (Å²) in [7, 11) is 0. The van der Waals surface area contributed by atoms with Gasteiger partial charge >= 0.3 is 0 Å². The quantitative estimate of drug-likeness (QED) is 0.154. The van der Waals surface area contributed by atoms with Gasteiger partial charge in [-0.2, -0.15) is 0 Å². The lowest BCUT2D eigenvalue weighted by Gasteiger charge is -2.35. The number of aromatic nitrogens is 1. The normalized spacial score (nSPS) is 19.5. The Hall–Kier alpha value is -5.03. The highest BCUT2D eigenvalue weighted by molar-refractivity contribution is 5.98. The van der Waals surface area contributed by atoms with E-state index in [-0.39, 0.29) is 12.1 Å². The van der Waals surface area contributed by atoms with Crippen molar-refractivity contribution >= 4 is 11.8 Å². The Morgan fingerprint density at radius 3 is 1.06 bits per heavy atom. The van der Waals surface area contributed by atoms with Gasteiger partial charge in [0.2, 0.25) is 11.8 Å². The zero-order valence-corrected chi connectivity index (χ0v) is 28.2. The molecule has 0 saturated heterocycles. The summed E-state index contributed by atoms with van der Waals surface area (Å²) < 4.78 is 14.2. The first-order valence-corrected chi connectivity index (χ1v) is 17.1. The van der Waals surface area contributed by atoms with Crippen LogP contribution in [0.1, 0.15) is 74.2 Å². The molecule has 3 heterocycles. The monoisotopic (exact) mass is 633 g/mol. The third-order valence-electron chi connectivity index (χ3n) is 9.39. The van der Waals surface area contributed by atoms with E-state index in [9.17, 15) is 0 Å². The maximum absolute atomic E-state index is 7.10. The lowest BCUT2D eigenvalue weighted by atomic mass is 9.77. The molecule has 5 heteroatoms. The molecular formula is C43H43N3O2. The van der Waals surface area contributed by atoms with Gasteiger partial charge < -0.3 is 9.47 Å². The van der Waals surface area contributed by atoms with Crippen LogP contribution in [0.4, 0.5) is 0 Å². The van der Waals surface area contributed by atoms with Gasteiger partial charge in [-0.25, -0.2) is 15.0 Å². The van der Waals surface area contributed by atoms with Crippen LogP contribution >= 0.6 is 0 Å². The van der Waals surface area contributed by atoms with Crippen LogP contribution in [-0.2, 0) is 20.7 Å². The molecule has 242 valence electrons. The fourth-order valence-corrected chi connectivity index (χ4v) is 7.28. The lowest BCUT2D eigenvalue weighted by Crippen LogP contribution is -2.40. The van der Waals surface area contributed by atoms with E-state index in [1.807, 2.05) is 42.5 Å². The Balaban J connectivity index is 1.31. The zero-order chi connectivity index (χ0) is 33.1. The molecule has 48 heavy (non-hydrogen) atoms.